The van der Waals surface area contributed by atoms with Gasteiger partial charge >= 0.3 is 0 Å². The number of nitrogens with zero attached hydrogens (tertiary/aromatic N) is 1. The SMILES string of the molecule is COc1cnc(F)c(NC(=O)c2ccoc2C2CC2)c1. The van der Waals surface area contributed by atoms with Gasteiger partial charge in [-0.2, -0.15) is 4.39 Å². The smallest absolute Gasteiger partial charge is 0.259 e. The molecule has 5 nitrogen and oxygen atoms in total. The van der Waals surface area contributed by atoms with Gasteiger partial charge in [-0.25, -0.2) is 4.98 Å². The lowest BCUT2D eigenvalue weighted by atomic mass is 10.1. The minimum absolute atomic E-state index is 0.0164. The van der Waals surface area contributed by atoms with Crippen LogP contribution in [0.1, 0.15) is 34.9 Å². The second kappa shape index (κ2) is 4.96. The van der Waals surface area contributed by atoms with Gasteiger partial charge in [0.05, 0.1) is 25.1 Å². The van der Waals surface area contributed by atoms with Gasteiger partial charge in [-0.1, -0.05) is 0 Å². The molecule has 0 unspecified atom stereocenters. The first-order valence-corrected chi connectivity index (χ1v) is 6.27. The normalized spacial score (nSPS) is 14.1. The number of ether oxygens (including phenoxy) is 1. The summed E-state index contributed by atoms with van der Waals surface area (Å²) < 4.78 is 23.9. The van der Waals surface area contributed by atoms with E-state index >= 15 is 0 Å². The van der Waals surface area contributed by atoms with Crippen LogP contribution < -0.4 is 10.1 Å². The number of nitrogens with one attached hydrogen (secondary N) is 1. The van der Waals surface area contributed by atoms with Crippen molar-refractivity contribution in [3.05, 3.63) is 41.9 Å². The van der Waals surface area contributed by atoms with Crippen LogP contribution in [0.25, 0.3) is 0 Å². The zero-order valence-corrected chi connectivity index (χ0v) is 10.9. The summed E-state index contributed by atoms with van der Waals surface area (Å²) in [6, 6.07) is 2.98. The van der Waals surface area contributed by atoms with Crippen LogP contribution in [0.2, 0.25) is 0 Å². The van der Waals surface area contributed by atoms with E-state index in [1.807, 2.05) is 0 Å². The Kier molecular flexibility index (Phi) is 3.14. The number of hydrogen-bond acceptors (Lipinski definition) is 4. The lowest BCUT2D eigenvalue weighted by Gasteiger charge is -2.07. The molecule has 1 amide bonds. The molecule has 2 heterocycles. The molecule has 1 saturated carbocycles. The van der Waals surface area contributed by atoms with Crippen molar-refractivity contribution in [1.29, 1.82) is 0 Å². The Balaban J connectivity index is 1.83. The summed E-state index contributed by atoms with van der Waals surface area (Å²) >= 11 is 0. The maximum atomic E-state index is 13.6. The number of rotatable bonds is 4. The van der Waals surface area contributed by atoms with Crippen LogP contribution in [-0.4, -0.2) is 18.0 Å². The second-order valence-corrected chi connectivity index (χ2v) is 4.64. The molecule has 0 spiro atoms. The third-order valence-electron chi connectivity index (χ3n) is 3.19. The quantitative estimate of drug-likeness (QED) is 0.872. The van der Waals surface area contributed by atoms with Crippen LogP contribution in [-0.2, 0) is 0 Å². The van der Waals surface area contributed by atoms with E-state index in [0.29, 0.717) is 23.0 Å². The highest BCUT2D eigenvalue weighted by atomic mass is 19.1. The van der Waals surface area contributed by atoms with E-state index in [-0.39, 0.29) is 5.69 Å². The molecule has 1 aliphatic carbocycles. The molecule has 1 fully saturated rings. The number of carbonyl (C=O) groups excluding carboxylic acids is 1. The molecule has 2 aromatic rings. The van der Waals surface area contributed by atoms with Crippen molar-refractivity contribution in [2.24, 2.45) is 0 Å². The van der Waals surface area contributed by atoms with E-state index in [1.54, 1.807) is 6.07 Å². The number of halogens is 1. The van der Waals surface area contributed by atoms with E-state index < -0.39 is 11.9 Å². The van der Waals surface area contributed by atoms with Crippen LogP contribution in [0.5, 0.6) is 5.75 Å². The highest BCUT2D eigenvalue weighted by molar-refractivity contribution is 6.05. The first-order valence-electron chi connectivity index (χ1n) is 6.27. The number of amides is 1. The summed E-state index contributed by atoms with van der Waals surface area (Å²) in [5, 5.41) is 2.49. The van der Waals surface area contributed by atoms with Crippen LogP contribution >= 0.6 is 0 Å². The summed E-state index contributed by atoms with van der Waals surface area (Å²) in [4.78, 5) is 15.7. The molecular weight excluding hydrogens is 263 g/mol. The number of aromatic nitrogens is 1. The molecule has 2 aromatic heterocycles. The Labute approximate surface area is 114 Å². The number of pyridine rings is 1. The molecule has 0 atom stereocenters. The van der Waals surface area contributed by atoms with Crippen molar-refractivity contribution in [2.45, 2.75) is 18.8 Å². The van der Waals surface area contributed by atoms with Gasteiger partial charge in [-0.15, -0.1) is 0 Å². The van der Waals surface area contributed by atoms with Crippen LogP contribution in [0.4, 0.5) is 10.1 Å². The molecule has 20 heavy (non-hydrogen) atoms. The highest BCUT2D eigenvalue weighted by Gasteiger charge is 2.31. The molecule has 0 radical (unpaired) electrons. The summed E-state index contributed by atoms with van der Waals surface area (Å²) in [6.07, 6.45) is 4.76. The number of hydrogen-bond donors (Lipinski definition) is 1. The predicted octanol–water partition coefficient (Wildman–Crippen LogP) is 2.95. The molecule has 1 aliphatic rings. The lowest BCUT2D eigenvalue weighted by molar-refractivity contribution is 0.102. The zero-order chi connectivity index (χ0) is 14.1. The Bertz CT molecular complexity index is 650. The van der Waals surface area contributed by atoms with Crippen molar-refractivity contribution < 1.29 is 18.3 Å². The molecule has 1 N–H and O–H groups in total. The van der Waals surface area contributed by atoms with E-state index in [2.05, 4.69) is 10.3 Å². The number of furan rings is 1. The average molecular weight is 276 g/mol. The third-order valence-corrected chi connectivity index (χ3v) is 3.19. The minimum Gasteiger partial charge on any atom is -0.495 e. The Morgan fingerprint density at radius 2 is 2.35 bits per heavy atom. The number of carbonyl (C=O) groups is 1. The third kappa shape index (κ3) is 2.36. The van der Waals surface area contributed by atoms with Gasteiger partial charge in [-0.3, -0.25) is 4.79 Å². The van der Waals surface area contributed by atoms with E-state index in [9.17, 15) is 9.18 Å². The highest BCUT2D eigenvalue weighted by Crippen LogP contribution is 2.42. The topological polar surface area (TPSA) is 64.4 Å². The van der Waals surface area contributed by atoms with Gasteiger partial charge in [0.15, 0.2) is 0 Å². The fourth-order valence-electron chi connectivity index (χ4n) is 1.99. The summed E-state index contributed by atoms with van der Waals surface area (Å²) in [7, 11) is 1.45. The Morgan fingerprint density at radius 3 is 3.05 bits per heavy atom. The van der Waals surface area contributed by atoms with Gasteiger partial charge < -0.3 is 14.5 Å². The average Bonchev–Trinajstić information content (AvgIpc) is 3.18. The number of anilines is 1. The van der Waals surface area contributed by atoms with E-state index in [4.69, 9.17) is 9.15 Å². The molecule has 0 aliphatic heterocycles. The Hall–Kier alpha value is -2.37. The monoisotopic (exact) mass is 276 g/mol. The van der Waals surface area contributed by atoms with Gasteiger partial charge in [-0.05, 0) is 18.9 Å². The van der Waals surface area contributed by atoms with Gasteiger partial charge in [0.25, 0.3) is 5.91 Å². The van der Waals surface area contributed by atoms with Crippen molar-refractivity contribution in [3.8, 4) is 5.75 Å². The molecule has 104 valence electrons. The summed E-state index contributed by atoms with van der Waals surface area (Å²) in [6.45, 7) is 0. The molecule has 3 rings (SSSR count). The van der Waals surface area contributed by atoms with Crippen molar-refractivity contribution in [3.63, 3.8) is 0 Å². The van der Waals surface area contributed by atoms with Gasteiger partial charge in [0.1, 0.15) is 17.2 Å². The largest absolute Gasteiger partial charge is 0.495 e. The summed E-state index contributed by atoms with van der Waals surface area (Å²) in [5.74, 6) is 0.180. The first kappa shape index (κ1) is 12.7. The summed E-state index contributed by atoms with van der Waals surface area (Å²) in [5.41, 5.74) is 0.423. The standard InChI is InChI=1S/C14H13FN2O3/c1-19-9-6-11(13(15)16-7-9)17-14(18)10-4-5-20-12(10)8-2-3-8/h4-8H,2-3H2,1H3,(H,17,18). The molecule has 0 saturated heterocycles. The lowest BCUT2D eigenvalue weighted by Crippen LogP contribution is -2.14. The molecular formula is C14H13FN2O3. The predicted molar refractivity (Wildman–Crippen MR) is 69.4 cm³/mol. The molecule has 0 bridgehead atoms. The fraction of sp³-hybridized carbons (Fsp3) is 0.286. The zero-order valence-electron chi connectivity index (χ0n) is 10.9. The fourth-order valence-corrected chi connectivity index (χ4v) is 1.99. The second-order valence-electron chi connectivity index (χ2n) is 4.64. The van der Waals surface area contributed by atoms with Gasteiger partial charge in [0, 0.05) is 12.0 Å². The molecule has 0 aromatic carbocycles. The van der Waals surface area contributed by atoms with Crippen LogP contribution in [0.3, 0.4) is 0 Å². The van der Waals surface area contributed by atoms with E-state index in [1.165, 1.54) is 25.6 Å². The molecule has 6 heteroatoms. The van der Waals surface area contributed by atoms with Crippen LogP contribution in [0, 0.1) is 5.95 Å². The Morgan fingerprint density at radius 1 is 1.55 bits per heavy atom. The maximum Gasteiger partial charge on any atom is 0.259 e. The maximum absolute atomic E-state index is 13.6. The number of methoxy groups -OCH3 is 1. The first-order chi connectivity index (χ1) is 9.69. The van der Waals surface area contributed by atoms with Crippen molar-refractivity contribution in [2.75, 3.05) is 12.4 Å². The van der Waals surface area contributed by atoms with E-state index in [0.717, 1.165) is 12.8 Å². The van der Waals surface area contributed by atoms with Crippen molar-refractivity contribution in [1.82, 2.24) is 4.98 Å². The van der Waals surface area contributed by atoms with Crippen molar-refractivity contribution >= 4 is 11.6 Å². The minimum atomic E-state index is -0.754. The van der Waals surface area contributed by atoms with Crippen LogP contribution in [0.15, 0.2) is 29.0 Å². The van der Waals surface area contributed by atoms with Gasteiger partial charge in [0.2, 0.25) is 5.95 Å².